The zero-order valence-electron chi connectivity index (χ0n) is 13.6. The fraction of sp³-hybridized carbons (Fsp3) is 0.353. The number of carbonyl (C=O) groups excluding carboxylic acids is 1. The van der Waals surface area contributed by atoms with Crippen molar-refractivity contribution in [3.63, 3.8) is 0 Å². The van der Waals surface area contributed by atoms with Crippen LogP contribution < -0.4 is 14.8 Å². The molecule has 1 unspecified atom stereocenters. The minimum Gasteiger partial charge on any atom is -0.493 e. The SMILES string of the molecule is COc1ccc(CC(=O)NC(C)Cc2cnccn2)cc1OC. The van der Waals surface area contributed by atoms with Crippen molar-refractivity contribution in [1.82, 2.24) is 15.3 Å². The van der Waals surface area contributed by atoms with Crippen molar-refractivity contribution in [3.8, 4) is 11.5 Å². The molecular weight excluding hydrogens is 294 g/mol. The number of hydrogen-bond acceptors (Lipinski definition) is 5. The quantitative estimate of drug-likeness (QED) is 0.843. The van der Waals surface area contributed by atoms with E-state index in [1.54, 1.807) is 38.9 Å². The van der Waals surface area contributed by atoms with Gasteiger partial charge in [0.15, 0.2) is 11.5 Å². The van der Waals surface area contributed by atoms with Gasteiger partial charge in [0.25, 0.3) is 0 Å². The number of aromatic nitrogens is 2. The van der Waals surface area contributed by atoms with Gasteiger partial charge in [0.1, 0.15) is 0 Å². The summed E-state index contributed by atoms with van der Waals surface area (Å²) in [5, 5.41) is 2.96. The Morgan fingerprint density at radius 1 is 1.22 bits per heavy atom. The second kappa shape index (κ2) is 8.12. The third-order valence-corrected chi connectivity index (χ3v) is 3.35. The van der Waals surface area contributed by atoms with E-state index in [4.69, 9.17) is 9.47 Å². The second-order valence-electron chi connectivity index (χ2n) is 5.24. The van der Waals surface area contributed by atoms with Crippen molar-refractivity contribution in [2.75, 3.05) is 14.2 Å². The molecule has 0 fully saturated rings. The predicted molar refractivity (Wildman–Crippen MR) is 86.6 cm³/mol. The molecule has 1 atom stereocenters. The molecule has 0 aliphatic carbocycles. The highest BCUT2D eigenvalue weighted by Gasteiger charge is 2.11. The molecule has 0 bridgehead atoms. The average Bonchev–Trinajstić information content (AvgIpc) is 2.55. The van der Waals surface area contributed by atoms with Crippen molar-refractivity contribution in [3.05, 3.63) is 48.0 Å². The predicted octanol–water partition coefficient (Wildman–Crippen LogP) is 1.78. The van der Waals surface area contributed by atoms with Crippen LogP contribution in [0.3, 0.4) is 0 Å². The van der Waals surface area contributed by atoms with E-state index >= 15 is 0 Å². The first kappa shape index (κ1) is 16.7. The maximum atomic E-state index is 12.1. The van der Waals surface area contributed by atoms with Crippen LogP contribution in [0, 0.1) is 0 Å². The van der Waals surface area contributed by atoms with Crippen LogP contribution in [0.4, 0.5) is 0 Å². The zero-order chi connectivity index (χ0) is 16.7. The second-order valence-corrected chi connectivity index (χ2v) is 5.24. The van der Waals surface area contributed by atoms with Gasteiger partial charge in [-0.25, -0.2) is 0 Å². The lowest BCUT2D eigenvalue weighted by molar-refractivity contribution is -0.121. The number of carbonyl (C=O) groups is 1. The first-order chi connectivity index (χ1) is 11.1. The van der Waals surface area contributed by atoms with Crippen LogP contribution in [0.25, 0.3) is 0 Å². The van der Waals surface area contributed by atoms with Crippen LogP contribution in [0.5, 0.6) is 11.5 Å². The smallest absolute Gasteiger partial charge is 0.224 e. The Kier molecular flexibility index (Phi) is 5.91. The van der Waals surface area contributed by atoms with Gasteiger partial charge in [0.2, 0.25) is 5.91 Å². The first-order valence-corrected chi connectivity index (χ1v) is 7.37. The number of nitrogens with zero attached hydrogens (tertiary/aromatic N) is 2. The largest absolute Gasteiger partial charge is 0.493 e. The highest BCUT2D eigenvalue weighted by molar-refractivity contribution is 5.79. The summed E-state index contributed by atoms with van der Waals surface area (Å²) in [7, 11) is 3.16. The molecule has 1 amide bonds. The van der Waals surface area contributed by atoms with E-state index in [-0.39, 0.29) is 18.4 Å². The van der Waals surface area contributed by atoms with Crippen molar-refractivity contribution in [1.29, 1.82) is 0 Å². The lowest BCUT2D eigenvalue weighted by Gasteiger charge is -2.14. The molecule has 2 aromatic rings. The molecule has 1 N–H and O–H groups in total. The van der Waals surface area contributed by atoms with E-state index in [1.807, 2.05) is 19.1 Å². The minimum absolute atomic E-state index is 0.0145. The number of benzene rings is 1. The maximum Gasteiger partial charge on any atom is 0.224 e. The molecule has 1 heterocycles. The molecule has 6 nitrogen and oxygen atoms in total. The van der Waals surface area contributed by atoms with Crippen LogP contribution in [-0.4, -0.2) is 36.1 Å². The first-order valence-electron chi connectivity index (χ1n) is 7.37. The van der Waals surface area contributed by atoms with Gasteiger partial charge in [0, 0.05) is 31.1 Å². The van der Waals surface area contributed by atoms with E-state index in [1.165, 1.54) is 0 Å². The maximum absolute atomic E-state index is 12.1. The van der Waals surface area contributed by atoms with E-state index in [0.29, 0.717) is 17.9 Å². The average molecular weight is 315 g/mol. The van der Waals surface area contributed by atoms with Crippen LogP contribution >= 0.6 is 0 Å². The minimum atomic E-state index is -0.0476. The van der Waals surface area contributed by atoms with Crippen LogP contribution in [0.15, 0.2) is 36.8 Å². The van der Waals surface area contributed by atoms with Crippen LogP contribution in [0.1, 0.15) is 18.2 Å². The van der Waals surface area contributed by atoms with Crippen LogP contribution in [-0.2, 0) is 17.6 Å². The summed E-state index contributed by atoms with van der Waals surface area (Å²) in [5.74, 6) is 1.21. The normalized spacial score (nSPS) is 11.6. The molecule has 23 heavy (non-hydrogen) atoms. The van der Waals surface area contributed by atoms with E-state index in [0.717, 1.165) is 11.3 Å². The van der Waals surface area contributed by atoms with Crippen molar-refractivity contribution < 1.29 is 14.3 Å². The third-order valence-electron chi connectivity index (χ3n) is 3.35. The van der Waals surface area contributed by atoms with Gasteiger partial charge >= 0.3 is 0 Å². The highest BCUT2D eigenvalue weighted by atomic mass is 16.5. The molecule has 0 radical (unpaired) electrons. The summed E-state index contributed by atoms with van der Waals surface area (Å²) in [5.41, 5.74) is 1.72. The van der Waals surface area contributed by atoms with E-state index < -0.39 is 0 Å². The Labute approximate surface area is 135 Å². The summed E-state index contributed by atoms with van der Waals surface area (Å²) in [6, 6.07) is 5.45. The number of methoxy groups -OCH3 is 2. The van der Waals surface area contributed by atoms with E-state index in [2.05, 4.69) is 15.3 Å². The monoisotopic (exact) mass is 315 g/mol. The Morgan fingerprint density at radius 2 is 2.00 bits per heavy atom. The van der Waals surface area contributed by atoms with Crippen molar-refractivity contribution in [2.24, 2.45) is 0 Å². The Balaban J connectivity index is 1.91. The van der Waals surface area contributed by atoms with Gasteiger partial charge in [-0.05, 0) is 24.6 Å². The standard InChI is InChI=1S/C17H21N3O3/c1-12(8-14-11-18-6-7-19-14)20-17(21)10-13-4-5-15(22-2)16(9-13)23-3/h4-7,9,11-12H,8,10H2,1-3H3,(H,20,21). The summed E-state index contributed by atoms with van der Waals surface area (Å²) in [4.78, 5) is 20.4. The summed E-state index contributed by atoms with van der Waals surface area (Å²) < 4.78 is 10.4. The van der Waals surface area contributed by atoms with Gasteiger partial charge < -0.3 is 14.8 Å². The Bertz CT molecular complexity index is 647. The summed E-state index contributed by atoms with van der Waals surface area (Å²) in [6.45, 7) is 1.95. The van der Waals surface area contributed by atoms with Crippen molar-refractivity contribution in [2.45, 2.75) is 25.8 Å². The molecule has 1 aromatic carbocycles. The number of nitrogens with one attached hydrogen (secondary N) is 1. The Morgan fingerprint density at radius 3 is 2.65 bits per heavy atom. The zero-order valence-corrected chi connectivity index (χ0v) is 13.6. The van der Waals surface area contributed by atoms with Gasteiger partial charge in [0.05, 0.1) is 26.3 Å². The molecule has 0 saturated heterocycles. The number of amides is 1. The topological polar surface area (TPSA) is 73.3 Å². The highest BCUT2D eigenvalue weighted by Crippen LogP contribution is 2.27. The van der Waals surface area contributed by atoms with Crippen LogP contribution in [0.2, 0.25) is 0 Å². The fourth-order valence-electron chi connectivity index (χ4n) is 2.30. The number of ether oxygens (including phenoxy) is 2. The van der Waals surface area contributed by atoms with Gasteiger partial charge in [-0.3, -0.25) is 14.8 Å². The van der Waals surface area contributed by atoms with Crippen molar-refractivity contribution >= 4 is 5.91 Å². The van der Waals surface area contributed by atoms with Gasteiger partial charge in [-0.2, -0.15) is 0 Å². The van der Waals surface area contributed by atoms with Gasteiger partial charge in [-0.15, -0.1) is 0 Å². The summed E-state index contributed by atoms with van der Waals surface area (Å²) in [6.07, 6.45) is 5.91. The molecule has 2 rings (SSSR count). The van der Waals surface area contributed by atoms with E-state index in [9.17, 15) is 4.79 Å². The molecule has 0 aliphatic heterocycles. The fourth-order valence-corrected chi connectivity index (χ4v) is 2.30. The summed E-state index contributed by atoms with van der Waals surface area (Å²) >= 11 is 0. The molecule has 0 aliphatic rings. The molecule has 1 aromatic heterocycles. The molecule has 0 spiro atoms. The Hall–Kier alpha value is -2.63. The lowest BCUT2D eigenvalue weighted by Crippen LogP contribution is -2.35. The molecule has 0 saturated carbocycles. The number of hydrogen-bond donors (Lipinski definition) is 1. The van der Waals surface area contributed by atoms with Gasteiger partial charge in [-0.1, -0.05) is 6.07 Å². The number of rotatable bonds is 7. The molecular formula is C17H21N3O3. The molecule has 6 heteroatoms. The lowest BCUT2D eigenvalue weighted by atomic mass is 10.1. The third kappa shape index (κ3) is 4.95. The molecule has 122 valence electrons.